The molecule has 2 fully saturated rings. The number of hydrogen-bond acceptors (Lipinski definition) is 5. The highest BCUT2D eigenvalue weighted by Crippen LogP contribution is 2.42. The number of carbonyl (C=O) groups is 1. The molecule has 2 aliphatic rings. The van der Waals surface area contributed by atoms with Crippen molar-refractivity contribution in [2.75, 3.05) is 13.7 Å². The minimum Gasteiger partial charge on any atom is -0.480 e. The summed E-state index contributed by atoms with van der Waals surface area (Å²) >= 11 is 0. The second-order valence-electron chi connectivity index (χ2n) is 6.47. The highest BCUT2D eigenvalue weighted by atomic mass is 32.2. The van der Waals surface area contributed by atoms with E-state index in [-0.39, 0.29) is 16.9 Å². The molecule has 1 aromatic heterocycles. The molecular formula is C15H23N3O5S. The summed E-state index contributed by atoms with van der Waals surface area (Å²) in [5.74, 6) is -0.932. The summed E-state index contributed by atoms with van der Waals surface area (Å²) < 4.78 is 33.8. The molecule has 2 heterocycles. The number of methoxy groups -OCH3 is 1. The average Bonchev–Trinajstić information content (AvgIpc) is 3.18. The number of nitrogens with zero attached hydrogens (tertiary/aromatic N) is 3. The first kappa shape index (κ1) is 17.4. The van der Waals surface area contributed by atoms with Crippen LogP contribution in [-0.4, -0.2) is 59.4 Å². The zero-order valence-electron chi connectivity index (χ0n) is 13.7. The van der Waals surface area contributed by atoms with Gasteiger partial charge in [0.25, 0.3) is 0 Å². The lowest BCUT2D eigenvalue weighted by molar-refractivity contribution is -0.141. The highest BCUT2D eigenvalue weighted by Gasteiger charge is 2.51. The van der Waals surface area contributed by atoms with Crippen LogP contribution in [0.5, 0.6) is 0 Å². The maximum atomic E-state index is 13.1. The van der Waals surface area contributed by atoms with E-state index < -0.39 is 22.0 Å². The van der Waals surface area contributed by atoms with E-state index in [0.717, 1.165) is 25.7 Å². The van der Waals surface area contributed by atoms with Crippen LogP contribution in [0.1, 0.15) is 32.1 Å². The largest absolute Gasteiger partial charge is 0.480 e. The van der Waals surface area contributed by atoms with E-state index in [2.05, 4.69) is 5.10 Å². The molecule has 24 heavy (non-hydrogen) atoms. The van der Waals surface area contributed by atoms with E-state index in [0.29, 0.717) is 19.6 Å². The minimum atomic E-state index is -3.88. The van der Waals surface area contributed by atoms with Gasteiger partial charge in [0, 0.05) is 19.3 Å². The molecular weight excluding hydrogens is 334 g/mol. The van der Waals surface area contributed by atoms with E-state index in [9.17, 15) is 18.3 Å². The molecule has 0 amide bonds. The molecule has 9 heteroatoms. The summed E-state index contributed by atoms with van der Waals surface area (Å²) in [5.41, 5.74) is 0. The van der Waals surface area contributed by atoms with Crippen molar-refractivity contribution in [3.63, 3.8) is 0 Å². The minimum absolute atomic E-state index is 0.0519. The van der Waals surface area contributed by atoms with Gasteiger partial charge in [-0.15, -0.1) is 0 Å². The van der Waals surface area contributed by atoms with Crippen LogP contribution in [0.2, 0.25) is 0 Å². The number of hydrogen-bond donors (Lipinski definition) is 1. The normalized spacial score (nSPS) is 28.0. The summed E-state index contributed by atoms with van der Waals surface area (Å²) in [6.45, 7) is 0.869. The van der Waals surface area contributed by atoms with Crippen LogP contribution in [0.25, 0.3) is 0 Å². The van der Waals surface area contributed by atoms with Gasteiger partial charge < -0.3 is 9.84 Å². The Labute approximate surface area is 141 Å². The molecule has 0 radical (unpaired) electrons. The van der Waals surface area contributed by atoms with Crippen molar-refractivity contribution in [3.05, 3.63) is 12.4 Å². The molecule has 3 atom stereocenters. The van der Waals surface area contributed by atoms with Crippen LogP contribution in [0, 0.1) is 5.92 Å². The monoisotopic (exact) mass is 357 g/mol. The summed E-state index contributed by atoms with van der Waals surface area (Å²) in [7, 11) is -2.32. The number of aliphatic carboxylic acids is 1. The Kier molecular flexibility index (Phi) is 4.93. The predicted molar refractivity (Wildman–Crippen MR) is 84.9 cm³/mol. The van der Waals surface area contributed by atoms with Gasteiger partial charge in [0.1, 0.15) is 10.9 Å². The van der Waals surface area contributed by atoms with Crippen LogP contribution in [0.4, 0.5) is 0 Å². The number of rotatable bonds is 6. The summed E-state index contributed by atoms with van der Waals surface area (Å²) in [6, 6.07) is -1.20. The average molecular weight is 357 g/mol. The van der Waals surface area contributed by atoms with E-state index in [1.54, 1.807) is 7.11 Å². The number of ether oxygens (including phenoxy) is 1. The molecule has 1 saturated heterocycles. The molecule has 8 nitrogen and oxygen atoms in total. The van der Waals surface area contributed by atoms with Gasteiger partial charge in [-0.3, -0.25) is 9.48 Å². The van der Waals surface area contributed by atoms with E-state index >= 15 is 0 Å². The molecule has 0 aromatic carbocycles. The SMILES string of the molecule is COCCn1cc(S(=O)(=O)N2C(C(=O)O)CC3CCCCC32)cn1. The number of sulfonamides is 1. The van der Waals surface area contributed by atoms with E-state index in [4.69, 9.17) is 4.74 Å². The number of carboxylic acids is 1. The Hall–Kier alpha value is -1.45. The van der Waals surface area contributed by atoms with Crippen molar-refractivity contribution in [1.29, 1.82) is 0 Å². The third kappa shape index (κ3) is 3.07. The van der Waals surface area contributed by atoms with Crippen LogP contribution >= 0.6 is 0 Å². The van der Waals surface area contributed by atoms with Crippen molar-refractivity contribution in [1.82, 2.24) is 14.1 Å². The van der Waals surface area contributed by atoms with Crippen molar-refractivity contribution in [2.45, 2.75) is 55.6 Å². The van der Waals surface area contributed by atoms with Crippen LogP contribution in [-0.2, 0) is 26.1 Å². The van der Waals surface area contributed by atoms with Crippen LogP contribution in [0.3, 0.4) is 0 Å². The second kappa shape index (κ2) is 6.81. The molecule has 1 N–H and O–H groups in total. The maximum absolute atomic E-state index is 13.1. The van der Waals surface area contributed by atoms with Gasteiger partial charge in [-0.25, -0.2) is 8.42 Å². The standard InChI is InChI=1S/C15H23N3O5S/c1-23-7-6-17-10-12(9-16-17)24(21,22)18-13-5-3-2-4-11(13)8-14(18)15(19)20/h9-11,13-14H,2-8H2,1H3,(H,19,20). The summed E-state index contributed by atoms with van der Waals surface area (Å²) in [6.07, 6.45) is 6.74. The second-order valence-corrected chi connectivity index (χ2v) is 8.31. The fourth-order valence-electron chi connectivity index (χ4n) is 3.88. The topological polar surface area (TPSA) is 102 Å². The predicted octanol–water partition coefficient (Wildman–Crippen LogP) is 0.936. The smallest absolute Gasteiger partial charge is 0.322 e. The van der Waals surface area contributed by atoms with E-state index in [1.807, 2.05) is 0 Å². The molecule has 1 aliphatic carbocycles. The van der Waals surface area contributed by atoms with Crippen LogP contribution in [0.15, 0.2) is 17.3 Å². The lowest BCUT2D eigenvalue weighted by Crippen LogP contribution is -2.46. The molecule has 1 aromatic rings. The number of fused-ring (bicyclic) bond motifs is 1. The van der Waals surface area contributed by atoms with Gasteiger partial charge in [0.15, 0.2) is 0 Å². The maximum Gasteiger partial charge on any atom is 0.322 e. The molecule has 0 bridgehead atoms. The zero-order valence-corrected chi connectivity index (χ0v) is 14.5. The third-order valence-electron chi connectivity index (χ3n) is 5.02. The summed E-state index contributed by atoms with van der Waals surface area (Å²) in [5, 5.41) is 13.6. The highest BCUT2D eigenvalue weighted by molar-refractivity contribution is 7.89. The molecule has 1 saturated carbocycles. The lowest BCUT2D eigenvalue weighted by Gasteiger charge is -2.31. The van der Waals surface area contributed by atoms with E-state index in [1.165, 1.54) is 21.4 Å². The lowest BCUT2D eigenvalue weighted by atomic mass is 9.85. The first-order valence-electron chi connectivity index (χ1n) is 8.23. The number of aromatic nitrogens is 2. The molecule has 3 rings (SSSR count). The van der Waals surface area contributed by atoms with Gasteiger partial charge in [-0.2, -0.15) is 9.40 Å². The van der Waals surface area contributed by atoms with Gasteiger partial charge in [-0.1, -0.05) is 12.8 Å². The fourth-order valence-corrected chi connectivity index (χ4v) is 5.71. The van der Waals surface area contributed by atoms with Gasteiger partial charge >= 0.3 is 5.97 Å². The summed E-state index contributed by atoms with van der Waals surface area (Å²) in [4.78, 5) is 11.7. The first-order chi connectivity index (χ1) is 11.4. The Morgan fingerprint density at radius 1 is 1.42 bits per heavy atom. The van der Waals surface area contributed by atoms with Crippen molar-refractivity contribution in [2.24, 2.45) is 5.92 Å². The Balaban J connectivity index is 1.91. The van der Waals surface area contributed by atoms with Gasteiger partial charge in [-0.05, 0) is 25.2 Å². The molecule has 134 valence electrons. The quantitative estimate of drug-likeness (QED) is 0.813. The Bertz CT molecular complexity index is 702. The van der Waals surface area contributed by atoms with Gasteiger partial charge in [0.05, 0.1) is 19.3 Å². The Morgan fingerprint density at radius 3 is 2.88 bits per heavy atom. The third-order valence-corrected chi connectivity index (χ3v) is 6.91. The van der Waals surface area contributed by atoms with Crippen LogP contribution < -0.4 is 0 Å². The number of carboxylic acid groups (broad SMARTS) is 1. The van der Waals surface area contributed by atoms with Crippen molar-refractivity contribution >= 4 is 16.0 Å². The molecule has 0 spiro atoms. The molecule has 1 aliphatic heterocycles. The Morgan fingerprint density at radius 2 is 2.17 bits per heavy atom. The van der Waals surface area contributed by atoms with Crippen molar-refractivity contribution in [3.8, 4) is 0 Å². The van der Waals surface area contributed by atoms with Gasteiger partial charge in [0.2, 0.25) is 10.0 Å². The van der Waals surface area contributed by atoms with Crippen molar-refractivity contribution < 1.29 is 23.1 Å². The first-order valence-corrected chi connectivity index (χ1v) is 9.67. The zero-order chi connectivity index (χ0) is 17.3. The molecule has 3 unspecified atom stereocenters. The fraction of sp³-hybridized carbons (Fsp3) is 0.733.